The van der Waals surface area contributed by atoms with E-state index in [1.54, 1.807) is 4.90 Å². The molecule has 4 heteroatoms. The third-order valence-electron chi connectivity index (χ3n) is 2.91. The van der Waals surface area contributed by atoms with Crippen LogP contribution in [0.15, 0.2) is 12.2 Å². The fourth-order valence-electron chi connectivity index (χ4n) is 1.94. The standard InChI is InChI=1S/C12H20N2O2/c1-4-7-8-14-10(6-3)11(15)13-9(5-2)12(14)16/h4,7,9-10H,5-6,8H2,1-3H3,(H,13,15)/b7-4+. The predicted molar refractivity (Wildman–Crippen MR) is 62.8 cm³/mol. The Balaban J connectivity index is 2.86. The SMILES string of the molecule is C/C=C/CN1C(=O)C(CC)NC(=O)C1CC. The molecule has 0 aromatic rings. The van der Waals surface area contributed by atoms with Gasteiger partial charge in [-0.05, 0) is 19.8 Å². The zero-order chi connectivity index (χ0) is 12.1. The van der Waals surface area contributed by atoms with Crippen LogP contribution in [0.25, 0.3) is 0 Å². The second-order valence-electron chi connectivity index (χ2n) is 3.95. The van der Waals surface area contributed by atoms with E-state index in [2.05, 4.69) is 5.32 Å². The minimum Gasteiger partial charge on any atom is -0.343 e. The van der Waals surface area contributed by atoms with Crippen LogP contribution in [0.3, 0.4) is 0 Å². The first-order chi connectivity index (χ1) is 7.65. The van der Waals surface area contributed by atoms with Crippen LogP contribution in [-0.2, 0) is 9.59 Å². The molecule has 0 aromatic heterocycles. The van der Waals surface area contributed by atoms with Crippen molar-refractivity contribution in [2.45, 2.75) is 45.7 Å². The summed E-state index contributed by atoms with van der Waals surface area (Å²) in [6.07, 6.45) is 5.11. The summed E-state index contributed by atoms with van der Waals surface area (Å²) < 4.78 is 0. The van der Waals surface area contributed by atoms with Crippen LogP contribution in [0, 0.1) is 0 Å². The number of piperazine rings is 1. The van der Waals surface area contributed by atoms with Crippen molar-refractivity contribution in [3.63, 3.8) is 0 Å². The molecule has 2 unspecified atom stereocenters. The molecule has 1 fully saturated rings. The molecular formula is C12H20N2O2. The van der Waals surface area contributed by atoms with E-state index in [4.69, 9.17) is 0 Å². The van der Waals surface area contributed by atoms with E-state index in [1.165, 1.54) is 0 Å². The molecule has 0 saturated carbocycles. The van der Waals surface area contributed by atoms with Crippen LogP contribution in [0.1, 0.15) is 33.6 Å². The second kappa shape index (κ2) is 5.68. The summed E-state index contributed by atoms with van der Waals surface area (Å²) in [6, 6.07) is -0.660. The number of hydrogen-bond acceptors (Lipinski definition) is 2. The van der Waals surface area contributed by atoms with Gasteiger partial charge in [-0.25, -0.2) is 0 Å². The molecule has 2 amide bonds. The molecule has 1 rings (SSSR count). The first-order valence-electron chi connectivity index (χ1n) is 5.87. The van der Waals surface area contributed by atoms with Gasteiger partial charge in [0, 0.05) is 6.54 Å². The van der Waals surface area contributed by atoms with Crippen molar-refractivity contribution in [2.75, 3.05) is 6.54 Å². The molecule has 1 heterocycles. The molecule has 1 N–H and O–H groups in total. The van der Waals surface area contributed by atoms with Crippen LogP contribution in [0.2, 0.25) is 0 Å². The molecule has 0 spiro atoms. The number of nitrogens with one attached hydrogen (secondary N) is 1. The van der Waals surface area contributed by atoms with Gasteiger partial charge in [-0.15, -0.1) is 0 Å². The summed E-state index contributed by atoms with van der Waals surface area (Å²) in [4.78, 5) is 25.5. The number of nitrogens with zero attached hydrogens (tertiary/aromatic N) is 1. The smallest absolute Gasteiger partial charge is 0.246 e. The first-order valence-corrected chi connectivity index (χ1v) is 5.87. The van der Waals surface area contributed by atoms with Gasteiger partial charge in [0.1, 0.15) is 12.1 Å². The quantitative estimate of drug-likeness (QED) is 0.726. The molecule has 0 bridgehead atoms. The fourth-order valence-corrected chi connectivity index (χ4v) is 1.94. The van der Waals surface area contributed by atoms with Crippen molar-refractivity contribution in [1.82, 2.24) is 10.2 Å². The van der Waals surface area contributed by atoms with Crippen molar-refractivity contribution < 1.29 is 9.59 Å². The number of amides is 2. The minimum absolute atomic E-state index is 0.0292. The number of carbonyl (C=O) groups excluding carboxylic acids is 2. The Hall–Kier alpha value is -1.32. The van der Waals surface area contributed by atoms with Crippen LogP contribution >= 0.6 is 0 Å². The third-order valence-corrected chi connectivity index (χ3v) is 2.91. The highest BCUT2D eigenvalue weighted by molar-refractivity contribution is 5.96. The van der Waals surface area contributed by atoms with E-state index in [9.17, 15) is 9.59 Å². The lowest BCUT2D eigenvalue weighted by Gasteiger charge is -2.37. The zero-order valence-corrected chi connectivity index (χ0v) is 10.2. The highest BCUT2D eigenvalue weighted by Crippen LogP contribution is 2.14. The molecule has 1 aliphatic heterocycles. The molecule has 1 aliphatic rings. The molecule has 90 valence electrons. The van der Waals surface area contributed by atoms with Crippen LogP contribution in [0.5, 0.6) is 0 Å². The van der Waals surface area contributed by atoms with Gasteiger partial charge in [0.2, 0.25) is 11.8 Å². The monoisotopic (exact) mass is 224 g/mol. The van der Waals surface area contributed by atoms with E-state index in [0.717, 1.165) is 0 Å². The van der Waals surface area contributed by atoms with Crippen LogP contribution < -0.4 is 5.32 Å². The summed E-state index contributed by atoms with van der Waals surface area (Å²) in [5.41, 5.74) is 0. The normalized spacial score (nSPS) is 26.3. The Morgan fingerprint density at radius 3 is 2.50 bits per heavy atom. The first kappa shape index (κ1) is 12.7. The average Bonchev–Trinajstić information content (AvgIpc) is 2.29. The zero-order valence-electron chi connectivity index (χ0n) is 10.2. The number of allylic oxidation sites excluding steroid dienone is 1. The van der Waals surface area contributed by atoms with Crippen molar-refractivity contribution >= 4 is 11.8 Å². The summed E-state index contributed by atoms with van der Waals surface area (Å²) in [6.45, 7) is 6.26. The summed E-state index contributed by atoms with van der Waals surface area (Å²) in [5.74, 6) is 0.00510. The van der Waals surface area contributed by atoms with E-state index in [-0.39, 0.29) is 23.9 Å². The van der Waals surface area contributed by atoms with Crippen molar-refractivity contribution in [1.29, 1.82) is 0 Å². The maximum absolute atomic E-state index is 12.1. The maximum Gasteiger partial charge on any atom is 0.246 e. The summed E-state index contributed by atoms with van der Waals surface area (Å²) in [5, 5.41) is 2.77. The van der Waals surface area contributed by atoms with Gasteiger partial charge >= 0.3 is 0 Å². The third kappa shape index (κ3) is 2.43. The molecule has 16 heavy (non-hydrogen) atoms. The number of carbonyl (C=O) groups is 2. The van der Waals surface area contributed by atoms with Gasteiger partial charge in [-0.3, -0.25) is 9.59 Å². The van der Waals surface area contributed by atoms with Gasteiger partial charge in [0.25, 0.3) is 0 Å². The molecular weight excluding hydrogens is 204 g/mol. The summed E-state index contributed by atoms with van der Waals surface area (Å²) in [7, 11) is 0. The molecule has 0 aromatic carbocycles. The van der Waals surface area contributed by atoms with Crippen LogP contribution in [-0.4, -0.2) is 35.3 Å². The molecule has 4 nitrogen and oxygen atoms in total. The average molecular weight is 224 g/mol. The Morgan fingerprint density at radius 1 is 1.31 bits per heavy atom. The van der Waals surface area contributed by atoms with E-state index < -0.39 is 0 Å². The topological polar surface area (TPSA) is 49.4 Å². The van der Waals surface area contributed by atoms with Crippen molar-refractivity contribution in [2.24, 2.45) is 0 Å². The van der Waals surface area contributed by atoms with Crippen molar-refractivity contribution in [3.8, 4) is 0 Å². The lowest BCUT2D eigenvalue weighted by molar-refractivity contribution is -0.148. The Kier molecular flexibility index (Phi) is 4.52. The molecule has 0 aliphatic carbocycles. The Morgan fingerprint density at radius 2 is 2.00 bits per heavy atom. The number of rotatable bonds is 4. The van der Waals surface area contributed by atoms with E-state index in [0.29, 0.717) is 19.4 Å². The lowest BCUT2D eigenvalue weighted by atomic mass is 10.0. The Bertz CT molecular complexity index is 299. The highest BCUT2D eigenvalue weighted by Gasteiger charge is 2.37. The van der Waals surface area contributed by atoms with Crippen LogP contribution in [0.4, 0.5) is 0 Å². The van der Waals surface area contributed by atoms with Gasteiger partial charge < -0.3 is 10.2 Å². The summed E-state index contributed by atoms with van der Waals surface area (Å²) >= 11 is 0. The molecule has 1 saturated heterocycles. The lowest BCUT2D eigenvalue weighted by Crippen LogP contribution is -2.62. The van der Waals surface area contributed by atoms with E-state index in [1.807, 2.05) is 32.9 Å². The highest BCUT2D eigenvalue weighted by atomic mass is 16.2. The molecule has 2 atom stereocenters. The Labute approximate surface area is 96.7 Å². The van der Waals surface area contributed by atoms with Gasteiger partial charge in [0.15, 0.2) is 0 Å². The minimum atomic E-state index is -0.347. The van der Waals surface area contributed by atoms with Gasteiger partial charge in [0.05, 0.1) is 0 Å². The van der Waals surface area contributed by atoms with E-state index >= 15 is 0 Å². The van der Waals surface area contributed by atoms with Gasteiger partial charge in [-0.2, -0.15) is 0 Å². The maximum atomic E-state index is 12.1. The second-order valence-corrected chi connectivity index (χ2v) is 3.95. The molecule has 0 radical (unpaired) electrons. The predicted octanol–water partition coefficient (Wildman–Crippen LogP) is 1.08. The largest absolute Gasteiger partial charge is 0.343 e. The van der Waals surface area contributed by atoms with Gasteiger partial charge in [-0.1, -0.05) is 26.0 Å². The van der Waals surface area contributed by atoms with Crippen molar-refractivity contribution in [3.05, 3.63) is 12.2 Å². The fraction of sp³-hybridized carbons (Fsp3) is 0.667. The number of hydrogen-bond donors (Lipinski definition) is 1.